The van der Waals surface area contributed by atoms with Crippen LogP contribution in [0.25, 0.3) is 0 Å². The topological polar surface area (TPSA) is 26.0 Å². The molecule has 0 fully saturated rings. The Labute approximate surface area is 106 Å². The number of hydrogen-bond acceptors (Lipinski definition) is 1. The summed E-state index contributed by atoms with van der Waals surface area (Å²) < 4.78 is 0. The van der Waals surface area contributed by atoms with Gasteiger partial charge >= 0.3 is 0 Å². The van der Waals surface area contributed by atoms with Crippen LogP contribution in [0, 0.1) is 33.1 Å². The van der Waals surface area contributed by atoms with E-state index in [-0.39, 0.29) is 0 Å². The second kappa shape index (κ2) is 5.22. The minimum Gasteiger partial charge on any atom is -0.330 e. The van der Waals surface area contributed by atoms with Crippen LogP contribution in [0.4, 0.5) is 0 Å². The standard InChI is InChI=1S/C16H27N/c1-11-9-12(2)14(4)15(13(11)3)10-16(5,6)7-8-17/h9H,7-8,10,17H2,1-6H3. The molecule has 0 aliphatic heterocycles. The van der Waals surface area contributed by atoms with Gasteiger partial charge in [0.2, 0.25) is 0 Å². The first-order valence-corrected chi connectivity index (χ1v) is 6.55. The van der Waals surface area contributed by atoms with Crippen LogP contribution in [0.15, 0.2) is 6.07 Å². The third-order valence-electron chi connectivity index (χ3n) is 4.00. The Morgan fingerprint density at radius 2 is 1.47 bits per heavy atom. The highest BCUT2D eigenvalue weighted by Crippen LogP contribution is 2.31. The summed E-state index contributed by atoms with van der Waals surface area (Å²) in [5.41, 5.74) is 13.3. The number of aryl methyl sites for hydroxylation is 2. The summed E-state index contributed by atoms with van der Waals surface area (Å²) in [5.74, 6) is 0. The number of hydrogen-bond donors (Lipinski definition) is 1. The molecule has 0 spiro atoms. The Morgan fingerprint density at radius 3 is 1.88 bits per heavy atom. The van der Waals surface area contributed by atoms with Crippen molar-refractivity contribution in [2.45, 2.75) is 54.4 Å². The molecule has 2 N–H and O–H groups in total. The van der Waals surface area contributed by atoms with Gasteiger partial charge in [-0.25, -0.2) is 0 Å². The molecular formula is C16H27N. The van der Waals surface area contributed by atoms with Crippen molar-refractivity contribution in [2.75, 3.05) is 6.54 Å². The van der Waals surface area contributed by atoms with E-state index in [4.69, 9.17) is 5.73 Å². The average molecular weight is 233 g/mol. The van der Waals surface area contributed by atoms with Gasteiger partial charge < -0.3 is 5.73 Å². The first-order chi connectivity index (χ1) is 7.78. The molecule has 0 saturated heterocycles. The third-order valence-corrected chi connectivity index (χ3v) is 4.00. The van der Waals surface area contributed by atoms with Gasteiger partial charge in [0, 0.05) is 0 Å². The molecule has 0 aliphatic carbocycles. The van der Waals surface area contributed by atoms with Crippen LogP contribution in [-0.4, -0.2) is 6.54 Å². The smallest absolute Gasteiger partial charge is 0.00721 e. The largest absolute Gasteiger partial charge is 0.330 e. The fraction of sp³-hybridized carbons (Fsp3) is 0.625. The van der Waals surface area contributed by atoms with Gasteiger partial charge in [0.15, 0.2) is 0 Å². The molecule has 0 aromatic heterocycles. The van der Waals surface area contributed by atoms with Gasteiger partial charge in [0.05, 0.1) is 0 Å². The zero-order chi connectivity index (χ0) is 13.2. The first-order valence-electron chi connectivity index (χ1n) is 6.55. The lowest BCUT2D eigenvalue weighted by Gasteiger charge is -2.27. The van der Waals surface area contributed by atoms with Crippen LogP contribution in [0.1, 0.15) is 48.1 Å². The second-order valence-electron chi connectivity index (χ2n) is 6.12. The van der Waals surface area contributed by atoms with Gasteiger partial charge in [0.25, 0.3) is 0 Å². The molecule has 0 bridgehead atoms. The van der Waals surface area contributed by atoms with Crippen molar-refractivity contribution in [3.63, 3.8) is 0 Å². The molecule has 0 radical (unpaired) electrons. The second-order valence-corrected chi connectivity index (χ2v) is 6.12. The van der Waals surface area contributed by atoms with Crippen LogP contribution in [0.5, 0.6) is 0 Å². The molecule has 0 heterocycles. The van der Waals surface area contributed by atoms with E-state index in [0.717, 1.165) is 19.4 Å². The molecule has 0 atom stereocenters. The van der Waals surface area contributed by atoms with Crippen molar-refractivity contribution in [1.29, 1.82) is 0 Å². The Kier molecular flexibility index (Phi) is 4.37. The third kappa shape index (κ3) is 3.32. The van der Waals surface area contributed by atoms with Gasteiger partial charge in [-0.1, -0.05) is 19.9 Å². The van der Waals surface area contributed by atoms with Crippen molar-refractivity contribution < 1.29 is 0 Å². The maximum absolute atomic E-state index is 5.70. The van der Waals surface area contributed by atoms with Gasteiger partial charge in [-0.3, -0.25) is 0 Å². The van der Waals surface area contributed by atoms with Crippen LogP contribution < -0.4 is 5.73 Å². The first kappa shape index (κ1) is 14.2. The highest BCUT2D eigenvalue weighted by Gasteiger charge is 2.20. The molecular weight excluding hydrogens is 206 g/mol. The molecule has 1 rings (SSSR count). The minimum atomic E-state index is 0.296. The highest BCUT2D eigenvalue weighted by atomic mass is 14.5. The Hall–Kier alpha value is -0.820. The molecule has 1 nitrogen and oxygen atoms in total. The summed E-state index contributed by atoms with van der Waals surface area (Å²) in [5, 5.41) is 0. The summed E-state index contributed by atoms with van der Waals surface area (Å²) in [6, 6.07) is 2.30. The Morgan fingerprint density at radius 1 is 1.00 bits per heavy atom. The van der Waals surface area contributed by atoms with E-state index in [1.165, 1.54) is 27.8 Å². The Bertz CT molecular complexity index is 376. The zero-order valence-corrected chi connectivity index (χ0v) is 12.3. The minimum absolute atomic E-state index is 0.296. The number of nitrogens with two attached hydrogens (primary N) is 1. The SMILES string of the molecule is Cc1cc(C)c(C)c(CC(C)(C)CCN)c1C. The van der Waals surface area contributed by atoms with E-state index in [2.05, 4.69) is 47.6 Å². The van der Waals surface area contributed by atoms with E-state index in [0.29, 0.717) is 5.41 Å². The van der Waals surface area contributed by atoms with E-state index < -0.39 is 0 Å². The summed E-state index contributed by atoms with van der Waals surface area (Å²) in [4.78, 5) is 0. The van der Waals surface area contributed by atoms with Gasteiger partial charge in [-0.2, -0.15) is 0 Å². The van der Waals surface area contributed by atoms with Crippen molar-refractivity contribution in [3.05, 3.63) is 33.9 Å². The van der Waals surface area contributed by atoms with Crippen LogP contribution >= 0.6 is 0 Å². The lowest BCUT2D eigenvalue weighted by Crippen LogP contribution is -2.21. The number of benzene rings is 1. The fourth-order valence-electron chi connectivity index (χ4n) is 2.52. The lowest BCUT2D eigenvalue weighted by molar-refractivity contribution is 0.337. The maximum atomic E-state index is 5.70. The molecule has 1 heteroatoms. The lowest BCUT2D eigenvalue weighted by atomic mass is 9.79. The monoisotopic (exact) mass is 233 g/mol. The van der Waals surface area contributed by atoms with Crippen LogP contribution in [0.2, 0.25) is 0 Å². The van der Waals surface area contributed by atoms with E-state index in [1.807, 2.05) is 0 Å². The molecule has 0 saturated carbocycles. The van der Waals surface area contributed by atoms with Gasteiger partial charge in [-0.05, 0) is 80.3 Å². The van der Waals surface area contributed by atoms with E-state index >= 15 is 0 Å². The fourth-order valence-corrected chi connectivity index (χ4v) is 2.52. The zero-order valence-electron chi connectivity index (χ0n) is 12.3. The maximum Gasteiger partial charge on any atom is -0.00721 e. The summed E-state index contributed by atoms with van der Waals surface area (Å²) in [7, 11) is 0. The van der Waals surface area contributed by atoms with Crippen molar-refractivity contribution in [1.82, 2.24) is 0 Å². The molecule has 1 aromatic rings. The molecule has 0 aliphatic rings. The van der Waals surface area contributed by atoms with Gasteiger partial charge in [-0.15, -0.1) is 0 Å². The quantitative estimate of drug-likeness (QED) is 0.840. The predicted molar refractivity (Wildman–Crippen MR) is 76.5 cm³/mol. The summed E-state index contributed by atoms with van der Waals surface area (Å²) in [6.07, 6.45) is 2.21. The summed E-state index contributed by atoms with van der Waals surface area (Å²) in [6.45, 7) is 14.3. The molecule has 1 aromatic carbocycles. The van der Waals surface area contributed by atoms with Gasteiger partial charge in [0.1, 0.15) is 0 Å². The normalized spacial score (nSPS) is 11.9. The molecule has 0 amide bonds. The van der Waals surface area contributed by atoms with E-state index in [1.54, 1.807) is 0 Å². The highest BCUT2D eigenvalue weighted by molar-refractivity contribution is 5.44. The van der Waals surface area contributed by atoms with Crippen LogP contribution in [-0.2, 0) is 6.42 Å². The molecule has 96 valence electrons. The van der Waals surface area contributed by atoms with E-state index in [9.17, 15) is 0 Å². The summed E-state index contributed by atoms with van der Waals surface area (Å²) >= 11 is 0. The average Bonchev–Trinajstić information content (AvgIpc) is 2.21. The van der Waals surface area contributed by atoms with Crippen molar-refractivity contribution in [2.24, 2.45) is 11.1 Å². The van der Waals surface area contributed by atoms with Crippen molar-refractivity contribution in [3.8, 4) is 0 Å². The molecule has 17 heavy (non-hydrogen) atoms. The number of rotatable bonds is 4. The van der Waals surface area contributed by atoms with Crippen molar-refractivity contribution >= 4 is 0 Å². The molecule has 0 unspecified atom stereocenters. The Balaban J connectivity index is 3.14. The predicted octanol–water partition coefficient (Wildman–Crippen LogP) is 3.84. The van der Waals surface area contributed by atoms with Crippen LogP contribution in [0.3, 0.4) is 0 Å².